The van der Waals surface area contributed by atoms with Crippen LogP contribution in [0.5, 0.6) is 0 Å². The number of hydrogen-bond acceptors (Lipinski definition) is 7. The first-order valence-electron chi connectivity index (χ1n) is 8.31. The van der Waals surface area contributed by atoms with Gasteiger partial charge in [-0.15, -0.1) is 21.5 Å². The zero-order valence-corrected chi connectivity index (χ0v) is 16.6. The summed E-state index contributed by atoms with van der Waals surface area (Å²) in [6.45, 7) is 0.337. The number of sulfonamides is 1. The highest BCUT2D eigenvalue weighted by molar-refractivity contribution is 7.91. The van der Waals surface area contributed by atoms with Crippen LogP contribution in [-0.4, -0.2) is 41.4 Å². The van der Waals surface area contributed by atoms with Crippen molar-refractivity contribution in [2.24, 2.45) is 0 Å². The van der Waals surface area contributed by atoms with Gasteiger partial charge in [0.25, 0.3) is 10.0 Å². The molecule has 0 radical (unpaired) electrons. The fourth-order valence-electron chi connectivity index (χ4n) is 2.98. The quantitative estimate of drug-likeness (QED) is 0.685. The molecule has 7 nitrogen and oxygen atoms in total. The minimum Gasteiger partial charge on any atom is -0.299 e. The Bertz CT molecular complexity index is 1030. The lowest BCUT2D eigenvalue weighted by Crippen LogP contribution is -2.42. The number of nitrogens with zero attached hydrogens (tertiary/aromatic N) is 3. The Kier molecular flexibility index (Phi) is 5.04. The van der Waals surface area contributed by atoms with E-state index in [1.165, 1.54) is 15.6 Å². The zero-order valence-electron chi connectivity index (χ0n) is 14.1. The molecule has 3 aromatic rings. The molecule has 0 bridgehead atoms. The van der Waals surface area contributed by atoms with Gasteiger partial charge < -0.3 is 0 Å². The number of rotatable bonds is 5. The van der Waals surface area contributed by atoms with E-state index in [9.17, 15) is 13.2 Å². The molecule has 0 aliphatic carbocycles. The molecule has 0 saturated carbocycles. The molecular weight excluding hydrogens is 404 g/mol. The highest BCUT2D eigenvalue weighted by atomic mass is 32.2. The SMILES string of the molecule is O=C(Nc1nnc(-c2ccccc2)s1)C1CCCN1S(=O)(=O)c1cccs1. The standard InChI is InChI=1S/C17H16N4O3S3/c22-15(18-17-20-19-16(26-17)12-6-2-1-3-7-12)13-8-4-10-21(13)27(23,24)14-9-5-11-25-14/h1-3,5-7,9,11,13H,4,8,10H2,(H,18,20,22). The lowest BCUT2D eigenvalue weighted by Gasteiger charge is -2.22. The fourth-order valence-corrected chi connectivity index (χ4v) is 6.50. The van der Waals surface area contributed by atoms with Crippen molar-refractivity contribution in [2.45, 2.75) is 23.1 Å². The van der Waals surface area contributed by atoms with Gasteiger partial charge in [-0.25, -0.2) is 8.42 Å². The number of carbonyl (C=O) groups excluding carboxylic acids is 1. The number of hydrogen-bond donors (Lipinski definition) is 1. The summed E-state index contributed by atoms with van der Waals surface area (Å²) < 4.78 is 27.1. The topological polar surface area (TPSA) is 92.3 Å². The summed E-state index contributed by atoms with van der Waals surface area (Å²) in [6.07, 6.45) is 1.13. The molecule has 1 aliphatic rings. The van der Waals surface area contributed by atoms with Crippen LogP contribution in [0.2, 0.25) is 0 Å². The van der Waals surface area contributed by atoms with E-state index in [-0.39, 0.29) is 10.1 Å². The molecule has 3 heterocycles. The maximum absolute atomic E-state index is 12.8. The Balaban J connectivity index is 1.50. The number of thiophene rings is 1. The van der Waals surface area contributed by atoms with E-state index in [0.717, 1.165) is 16.9 Å². The third-order valence-corrected chi connectivity index (χ3v) is 8.41. The van der Waals surface area contributed by atoms with Gasteiger partial charge >= 0.3 is 0 Å². The summed E-state index contributed by atoms with van der Waals surface area (Å²) in [5.74, 6) is -0.372. The van der Waals surface area contributed by atoms with Crippen molar-refractivity contribution in [3.05, 3.63) is 47.8 Å². The molecule has 1 N–H and O–H groups in total. The van der Waals surface area contributed by atoms with Crippen LogP contribution in [0.25, 0.3) is 10.6 Å². The molecule has 1 unspecified atom stereocenters. The van der Waals surface area contributed by atoms with Crippen molar-refractivity contribution < 1.29 is 13.2 Å². The van der Waals surface area contributed by atoms with E-state index in [1.54, 1.807) is 17.5 Å². The van der Waals surface area contributed by atoms with E-state index in [2.05, 4.69) is 15.5 Å². The van der Waals surface area contributed by atoms with Crippen LogP contribution in [0.1, 0.15) is 12.8 Å². The molecule has 140 valence electrons. The first kappa shape index (κ1) is 18.2. The molecule has 10 heteroatoms. The van der Waals surface area contributed by atoms with Crippen LogP contribution in [0, 0.1) is 0 Å². The normalized spacial score (nSPS) is 17.9. The van der Waals surface area contributed by atoms with Crippen molar-refractivity contribution in [2.75, 3.05) is 11.9 Å². The fraction of sp³-hybridized carbons (Fsp3) is 0.235. The molecule has 1 saturated heterocycles. The highest BCUT2D eigenvalue weighted by Crippen LogP contribution is 2.30. The number of amides is 1. The van der Waals surface area contributed by atoms with E-state index in [0.29, 0.717) is 29.5 Å². The van der Waals surface area contributed by atoms with E-state index in [4.69, 9.17) is 0 Å². The Morgan fingerprint density at radius 1 is 1.15 bits per heavy atom. The summed E-state index contributed by atoms with van der Waals surface area (Å²) >= 11 is 2.41. The molecule has 1 fully saturated rings. The van der Waals surface area contributed by atoms with Gasteiger partial charge in [0.1, 0.15) is 15.3 Å². The molecule has 1 aromatic carbocycles. The van der Waals surface area contributed by atoms with Gasteiger partial charge in [0.2, 0.25) is 11.0 Å². The van der Waals surface area contributed by atoms with Crippen LogP contribution in [-0.2, 0) is 14.8 Å². The van der Waals surface area contributed by atoms with E-state index < -0.39 is 16.1 Å². The Morgan fingerprint density at radius 2 is 1.96 bits per heavy atom. The molecule has 0 spiro atoms. The van der Waals surface area contributed by atoms with Crippen LogP contribution in [0.4, 0.5) is 5.13 Å². The maximum Gasteiger partial charge on any atom is 0.253 e. The van der Waals surface area contributed by atoms with Crippen LogP contribution >= 0.6 is 22.7 Å². The van der Waals surface area contributed by atoms with Crippen molar-refractivity contribution in [3.8, 4) is 10.6 Å². The minimum atomic E-state index is -3.66. The van der Waals surface area contributed by atoms with E-state index in [1.807, 2.05) is 30.3 Å². The number of aromatic nitrogens is 2. The molecule has 1 amide bonds. The lowest BCUT2D eigenvalue weighted by molar-refractivity contribution is -0.119. The van der Waals surface area contributed by atoms with Crippen molar-refractivity contribution in [3.63, 3.8) is 0 Å². The van der Waals surface area contributed by atoms with Crippen LogP contribution in [0.3, 0.4) is 0 Å². The molecule has 27 heavy (non-hydrogen) atoms. The van der Waals surface area contributed by atoms with Crippen LogP contribution in [0.15, 0.2) is 52.1 Å². The molecule has 1 atom stereocenters. The van der Waals surface area contributed by atoms with Gasteiger partial charge in [0.15, 0.2) is 0 Å². The van der Waals surface area contributed by atoms with Crippen molar-refractivity contribution in [1.29, 1.82) is 0 Å². The van der Waals surface area contributed by atoms with Crippen molar-refractivity contribution >= 4 is 43.7 Å². The van der Waals surface area contributed by atoms with Crippen LogP contribution < -0.4 is 5.32 Å². The number of benzene rings is 1. The molecule has 4 rings (SSSR count). The number of anilines is 1. The van der Waals surface area contributed by atoms with Gasteiger partial charge in [-0.05, 0) is 24.3 Å². The van der Waals surface area contributed by atoms with E-state index >= 15 is 0 Å². The minimum absolute atomic E-state index is 0.254. The summed E-state index contributed by atoms with van der Waals surface area (Å²) in [7, 11) is -3.66. The van der Waals surface area contributed by atoms with Gasteiger partial charge in [0.05, 0.1) is 0 Å². The third kappa shape index (κ3) is 3.65. The van der Waals surface area contributed by atoms with Crippen molar-refractivity contribution in [1.82, 2.24) is 14.5 Å². The smallest absolute Gasteiger partial charge is 0.253 e. The molecule has 1 aliphatic heterocycles. The first-order valence-corrected chi connectivity index (χ1v) is 11.4. The third-order valence-electron chi connectivity index (χ3n) is 4.24. The Labute approximate surface area is 164 Å². The van der Waals surface area contributed by atoms with Gasteiger partial charge in [-0.3, -0.25) is 10.1 Å². The average molecular weight is 421 g/mol. The Hall–Kier alpha value is -2.14. The second kappa shape index (κ2) is 7.47. The Morgan fingerprint density at radius 3 is 2.70 bits per heavy atom. The summed E-state index contributed by atoms with van der Waals surface area (Å²) in [6, 6.07) is 12.1. The predicted octanol–water partition coefficient (Wildman–Crippen LogP) is 3.06. The average Bonchev–Trinajstić information content (AvgIpc) is 3.42. The second-order valence-corrected chi connectivity index (χ2v) is 10.0. The van der Waals surface area contributed by atoms with Gasteiger partial charge in [-0.1, -0.05) is 47.7 Å². The second-order valence-electron chi connectivity index (χ2n) is 5.97. The summed E-state index contributed by atoms with van der Waals surface area (Å²) in [4.78, 5) is 12.7. The predicted molar refractivity (Wildman–Crippen MR) is 105 cm³/mol. The zero-order chi connectivity index (χ0) is 18.9. The first-order chi connectivity index (χ1) is 13.1. The lowest BCUT2D eigenvalue weighted by atomic mass is 10.2. The summed E-state index contributed by atoms with van der Waals surface area (Å²) in [5, 5.41) is 13.6. The number of nitrogens with one attached hydrogen (secondary N) is 1. The van der Waals surface area contributed by atoms with Gasteiger partial charge in [-0.2, -0.15) is 4.31 Å². The number of carbonyl (C=O) groups is 1. The monoisotopic (exact) mass is 420 g/mol. The summed E-state index contributed by atoms with van der Waals surface area (Å²) in [5.41, 5.74) is 0.915. The largest absolute Gasteiger partial charge is 0.299 e. The van der Waals surface area contributed by atoms with Gasteiger partial charge in [0, 0.05) is 12.1 Å². The maximum atomic E-state index is 12.8. The molecular formula is C17H16N4O3S3. The molecule has 2 aromatic heterocycles. The highest BCUT2D eigenvalue weighted by Gasteiger charge is 2.40.